The minimum absolute atomic E-state index is 0.0872. The van der Waals surface area contributed by atoms with Crippen molar-refractivity contribution in [1.29, 1.82) is 0 Å². The van der Waals surface area contributed by atoms with E-state index in [1.165, 1.54) is 17.0 Å². The first kappa shape index (κ1) is 15.5. The molecule has 1 atom stereocenters. The second-order valence-electron chi connectivity index (χ2n) is 5.25. The third-order valence-electron chi connectivity index (χ3n) is 3.74. The zero-order valence-electron chi connectivity index (χ0n) is 11.8. The van der Waals surface area contributed by atoms with Gasteiger partial charge in [0.15, 0.2) is 6.10 Å². The first-order valence-corrected chi connectivity index (χ1v) is 6.89. The minimum Gasteiger partial charge on any atom is -0.378 e. The molecule has 1 unspecified atom stereocenters. The molecule has 0 fully saturated rings. The molecule has 0 radical (unpaired) electrons. The van der Waals surface area contributed by atoms with Crippen molar-refractivity contribution in [2.24, 2.45) is 0 Å². The molecule has 1 aromatic carbocycles. The molecular formula is C14H13F3N4O2. The van der Waals surface area contributed by atoms with Crippen LogP contribution in [0.5, 0.6) is 0 Å². The number of aromatic amines is 1. The number of H-pyrrole nitrogens is 1. The maximum absolute atomic E-state index is 12.7. The van der Waals surface area contributed by atoms with Crippen LogP contribution in [0.25, 0.3) is 0 Å². The molecule has 6 nitrogen and oxygen atoms in total. The molecule has 1 aromatic heterocycles. The quantitative estimate of drug-likeness (QED) is 0.875. The van der Waals surface area contributed by atoms with Crippen molar-refractivity contribution in [3.8, 4) is 0 Å². The van der Waals surface area contributed by atoms with Gasteiger partial charge in [-0.05, 0) is 17.7 Å². The van der Waals surface area contributed by atoms with E-state index in [9.17, 15) is 23.1 Å². The Hall–Kier alpha value is -2.42. The molecule has 3 rings (SSSR count). The Morgan fingerprint density at radius 2 is 2.04 bits per heavy atom. The average Bonchev–Trinajstić information content (AvgIpc) is 3.00. The molecule has 9 heteroatoms. The van der Waals surface area contributed by atoms with Crippen molar-refractivity contribution in [2.75, 3.05) is 6.54 Å². The van der Waals surface area contributed by atoms with Crippen molar-refractivity contribution in [3.05, 3.63) is 46.8 Å². The highest BCUT2D eigenvalue weighted by molar-refractivity contribution is 5.82. The molecule has 2 N–H and O–H groups in total. The number of alkyl halides is 3. The molecule has 1 aliphatic rings. The van der Waals surface area contributed by atoms with Crippen LogP contribution in [0.3, 0.4) is 0 Å². The molecule has 1 amide bonds. The highest BCUT2D eigenvalue weighted by Gasteiger charge is 2.33. The van der Waals surface area contributed by atoms with E-state index < -0.39 is 23.8 Å². The number of aliphatic hydroxyl groups is 1. The number of aliphatic hydroxyl groups excluding tert-OH is 1. The fraction of sp³-hybridized carbons (Fsp3) is 0.357. The van der Waals surface area contributed by atoms with Gasteiger partial charge in [-0.15, -0.1) is 0 Å². The number of hydrogen-bond donors (Lipinski definition) is 2. The lowest BCUT2D eigenvalue weighted by Crippen LogP contribution is -2.39. The van der Waals surface area contributed by atoms with Crippen molar-refractivity contribution in [3.63, 3.8) is 0 Å². The fourth-order valence-electron chi connectivity index (χ4n) is 2.49. The number of benzene rings is 1. The first-order chi connectivity index (χ1) is 10.9. The third-order valence-corrected chi connectivity index (χ3v) is 3.74. The molecule has 23 heavy (non-hydrogen) atoms. The Morgan fingerprint density at radius 1 is 1.30 bits per heavy atom. The van der Waals surface area contributed by atoms with Crippen LogP contribution in [0, 0.1) is 0 Å². The number of amides is 1. The van der Waals surface area contributed by atoms with Gasteiger partial charge in [0.2, 0.25) is 0 Å². The predicted octanol–water partition coefficient (Wildman–Crippen LogP) is 1.44. The van der Waals surface area contributed by atoms with Gasteiger partial charge in [-0.1, -0.05) is 12.1 Å². The zero-order chi connectivity index (χ0) is 16.6. The van der Waals surface area contributed by atoms with Gasteiger partial charge in [-0.3, -0.25) is 4.79 Å². The van der Waals surface area contributed by atoms with Gasteiger partial charge in [-0.25, -0.2) is 0 Å². The number of aromatic nitrogens is 3. The van der Waals surface area contributed by atoms with E-state index in [4.69, 9.17) is 0 Å². The molecule has 0 spiro atoms. The lowest BCUT2D eigenvalue weighted by atomic mass is 10.0. The summed E-state index contributed by atoms with van der Waals surface area (Å²) in [6.45, 7) is 0.495. The van der Waals surface area contributed by atoms with E-state index >= 15 is 0 Å². The maximum atomic E-state index is 12.7. The fourth-order valence-corrected chi connectivity index (χ4v) is 2.49. The van der Waals surface area contributed by atoms with Crippen LogP contribution in [-0.2, 0) is 23.9 Å². The number of hydrogen-bond acceptors (Lipinski definition) is 4. The van der Waals surface area contributed by atoms with Crippen LogP contribution in [0.4, 0.5) is 13.2 Å². The van der Waals surface area contributed by atoms with Crippen LogP contribution in [-0.4, -0.2) is 37.9 Å². The smallest absolute Gasteiger partial charge is 0.378 e. The number of carbonyl (C=O) groups is 1. The summed E-state index contributed by atoms with van der Waals surface area (Å²) in [7, 11) is 0. The monoisotopic (exact) mass is 326 g/mol. The van der Waals surface area contributed by atoms with Gasteiger partial charge in [0.05, 0.1) is 17.8 Å². The van der Waals surface area contributed by atoms with E-state index in [-0.39, 0.29) is 12.1 Å². The standard InChI is InChI=1S/C14H13F3N4O2/c15-14(16,17)9-3-1-2-8(6-9)12(22)13(23)21-5-4-10-11(7-21)19-20-18-10/h1-3,6,12,22H,4-5,7H2,(H,18,19,20). The van der Waals surface area contributed by atoms with Crippen LogP contribution in [0.15, 0.2) is 24.3 Å². The maximum Gasteiger partial charge on any atom is 0.416 e. The molecule has 0 bridgehead atoms. The largest absolute Gasteiger partial charge is 0.416 e. The van der Waals surface area contributed by atoms with Gasteiger partial charge >= 0.3 is 6.18 Å². The SMILES string of the molecule is O=C(C(O)c1cccc(C(F)(F)F)c1)N1CCc2n[nH]nc2C1. The summed E-state index contributed by atoms with van der Waals surface area (Å²) in [6, 6.07) is 4.14. The van der Waals surface area contributed by atoms with E-state index in [0.717, 1.165) is 17.8 Å². The molecular weight excluding hydrogens is 313 g/mol. The first-order valence-electron chi connectivity index (χ1n) is 6.89. The minimum atomic E-state index is -4.53. The van der Waals surface area contributed by atoms with Crippen molar-refractivity contribution < 1.29 is 23.1 Å². The van der Waals surface area contributed by atoms with Crippen molar-refractivity contribution in [1.82, 2.24) is 20.3 Å². The van der Waals surface area contributed by atoms with Gasteiger partial charge in [0, 0.05) is 13.0 Å². The number of halogens is 3. The number of carbonyl (C=O) groups excluding carboxylic acids is 1. The number of fused-ring (bicyclic) bond motifs is 1. The lowest BCUT2D eigenvalue weighted by molar-refractivity contribution is -0.142. The molecule has 2 heterocycles. The number of nitrogens with zero attached hydrogens (tertiary/aromatic N) is 3. The van der Waals surface area contributed by atoms with Crippen LogP contribution in [0.1, 0.15) is 28.6 Å². The Bertz CT molecular complexity index is 729. The van der Waals surface area contributed by atoms with Gasteiger partial charge in [0.1, 0.15) is 5.69 Å². The Balaban J connectivity index is 1.78. The summed E-state index contributed by atoms with van der Waals surface area (Å²) >= 11 is 0. The number of rotatable bonds is 2. The van der Waals surface area contributed by atoms with Gasteiger partial charge in [0.25, 0.3) is 5.91 Å². The van der Waals surface area contributed by atoms with Crippen LogP contribution in [0.2, 0.25) is 0 Å². The van der Waals surface area contributed by atoms with Gasteiger partial charge in [-0.2, -0.15) is 28.6 Å². The summed E-state index contributed by atoms with van der Waals surface area (Å²) < 4.78 is 38.2. The van der Waals surface area contributed by atoms with Crippen molar-refractivity contribution in [2.45, 2.75) is 25.2 Å². The van der Waals surface area contributed by atoms with E-state index in [2.05, 4.69) is 15.4 Å². The Kier molecular flexibility index (Phi) is 3.80. The molecule has 0 saturated heterocycles. The van der Waals surface area contributed by atoms with Gasteiger partial charge < -0.3 is 10.0 Å². The Labute approximate surface area is 128 Å². The Morgan fingerprint density at radius 3 is 2.78 bits per heavy atom. The summed E-state index contributed by atoms with van der Waals surface area (Å²) in [5, 5.41) is 20.4. The average molecular weight is 326 g/mol. The van der Waals surface area contributed by atoms with Crippen LogP contribution < -0.4 is 0 Å². The highest BCUT2D eigenvalue weighted by atomic mass is 19.4. The summed E-state index contributed by atoms with van der Waals surface area (Å²) in [4.78, 5) is 13.7. The molecule has 122 valence electrons. The third kappa shape index (κ3) is 3.04. The van der Waals surface area contributed by atoms with E-state index in [1.807, 2.05) is 0 Å². The second-order valence-corrected chi connectivity index (χ2v) is 5.25. The van der Waals surface area contributed by atoms with Crippen molar-refractivity contribution >= 4 is 5.91 Å². The van der Waals surface area contributed by atoms with E-state index in [1.54, 1.807) is 0 Å². The summed E-state index contributed by atoms with van der Waals surface area (Å²) in [6.07, 6.45) is -5.70. The molecule has 1 aliphatic heterocycles. The van der Waals surface area contributed by atoms with Crippen LogP contribution >= 0.6 is 0 Å². The molecule has 2 aromatic rings. The highest BCUT2D eigenvalue weighted by Crippen LogP contribution is 2.31. The molecule has 0 aliphatic carbocycles. The second kappa shape index (κ2) is 5.65. The van der Waals surface area contributed by atoms with E-state index in [0.29, 0.717) is 18.7 Å². The predicted molar refractivity (Wildman–Crippen MR) is 71.9 cm³/mol. The number of nitrogens with one attached hydrogen (secondary N) is 1. The zero-order valence-corrected chi connectivity index (χ0v) is 11.8. The molecule has 0 saturated carbocycles. The normalized spacial score (nSPS) is 16.1. The lowest BCUT2D eigenvalue weighted by Gasteiger charge is -2.27. The summed E-state index contributed by atoms with van der Waals surface area (Å²) in [5.74, 6) is -0.655. The topological polar surface area (TPSA) is 82.1 Å². The summed E-state index contributed by atoms with van der Waals surface area (Å²) in [5.41, 5.74) is 0.360.